The first-order valence-corrected chi connectivity index (χ1v) is 6.60. The fourth-order valence-corrected chi connectivity index (χ4v) is 2.40. The van der Waals surface area contributed by atoms with E-state index in [0.29, 0.717) is 13.0 Å². The number of para-hydroxylation sites is 1. The van der Waals surface area contributed by atoms with E-state index < -0.39 is 12.0 Å². The second kappa shape index (κ2) is 6.38. The van der Waals surface area contributed by atoms with Crippen molar-refractivity contribution in [2.75, 3.05) is 18.5 Å². The van der Waals surface area contributed by atoms with Crippen molar-refractivity contribution in [3.8, 4) is 0 Å². The van der Waals surface area contributed by atoms with Crippen molar-refractivity contribution < 1.29 is 19.8 Å². The lowest BCUT2D eigenvalue weighted by Crippen LogP contribution is -2.44. The van der Waals surface area contributed by atoms with Gasteiger partial charge in [0.2, 0.25) is 5.91 Å². The molecule has 0 radical (unpaired) electrons. The lowest BCUT2D eigenvalue weighted by molar-refractivity contribution is -0.142. The van der Waals surface area contributed by atoms with E-state index in [0.717, 1.165) is 11.3 Å². The molecule has 4 N–H and O–H groups in total. The Morgan fingerprint density at radius 3 is 2.85 bits per heavy atom. The monoisotopic (exact) mass is 278 g/mol. The number of carboxylic acids is 1. The molecule has 1 heterocycles. The van der Waals surface area contributed by atoms with Gasteiger partial charge >= 0.3 is 5.97 Å². The van der Waals surface area contributed by atoms with Crippen LogP contribution in [0, 0.1) is 0 Å². The van der Waals surface area contributed by atoms with Crippen LogP contribution in [0.1, 0.15) is 24.3 Å². The van der Waals surface area contributed by atoms with Gasteiger partial charge in [-0.05, 0) is 18.1 Å². The molecule has 0 bridgehead atoms. The zero-order valence-electron chi connectivity index (χ0n) is 11.0. The Balaban J connectivity index is 2.12. The Kier molecular flexibility index (Phi) is 4.57. The predicted molar refractivity (Wildman–Crippen MR) is 73.6 cm³/mol. The third-order valence-corrected chi connectivity index (χ3v) is 3.43. The zero-order chi connectivity index (χ0) is 14.5. The molecule has 1 aromatic rings. The zero-order valence-corrected chi connectivity index (χ0v) is 11.0. The van der Waals surface area contributed by atoms with E-state index in [1.807, 2.05) is 24.3 Å². The standard InChI is InChI=1S/C14H18N2O4/c17-8-6-12(14(19)20)16-13(18)10-5-7-15-11-4-2-1-3-9(10)11/h1-4,10,12,15,17H,5-8H2,(H,16,18)(H,19,20). The van der Waals surface area contributed by atoms with Crippen LogP contribution < -0.4 is 10.6 Å². The predicted octanol–water partition coefficient (Wildman–Crippen LogP) is 0.538. The molecule has 0 aliphatic carbocycles. The number of benzene rings is 1. The van der Waals surface area contributed by atoms with Crippen LogP contribution in [0.4, 0.5) is 5.69 Å². The van der Waals surface area contributed by atoms with Crippen LogP contribution in [0.3, 0.4) is 0 Å². The first kappa shape index (κ1) is 14.3. The number of nitrogens with one attached hydrogen (secondary N) is 2. The molecular weight excluding hydrogens is 260 g/mol. The van der Waals surface area contributed by atoms with E-state index in [-0.39, 0.29) is 24.9 Å². The van der Waals surface area contributed by atoms with Crippen LogP contribution in [0.2, 0.25) is 0 Å². The van der Waals surface area contributed by atoms with E-state index in [4.69, 9.17) is 10.2 Å². The van der Waals surface area contributed by atoms with Crippen molar-refractivity contribution in [3.63, 3.8) is 0 Å². The molecule has 0 saturated carbocycles. The molecule has 1 amide bonds. The number of hydrogen-bond acceptors (Lipinski definition) is 4. The van der Waals surface area contributed by atoms with E-state index in [2.05, 4.69) is 10.6 Å². The van der Waals surface area contributed by atoms with Gasteiger partial charge in [-0.15, -0.1) is 0 Å². The quantitative estimate of drug-likeness (QED) is 0.630. The number of amides is 1. The molecule has 1 aliphatic heterocycles. The summed E-state index contributed by atoms with van der Waals surface area (Å²) in [5, 5.41) is 23.6. The molecule has 1 aromatic carbocycles. The minimum Gasteiger partial charge on any atom is -0.480 e. The molecule has 2 atom stereocenters. The van der Waals surface area contributed by atoms with Gasteiger partial charge < -0.3 is 20.8 Å². The molecule has 108 valence electrons. The van der Waals surface area contributed by atoms with Gasteiger partial charge in [-0.1, -0.05) is 18.2 Å². The number of carbonyl (C=O) groups excluding carboxylic acids is 1. The highest BCUT2D eigenvalue weighted by Crippen LogP contribution is 2.31. The highest BCUT2D eigenvalue weighted by atomic mass is 16.4. The molecule has 6 nitrogen and oxygen atoms in total. The van der Waals surface area contributed by atoms with Crippen molar-refractivity contribution >= 4 is 17.6 Å². The third-order valence-electron chi connectivity index (χ3n) is 3.43. The smallest absolute Gasteiger partial charge is 0.326 e. The van der Waals surface area contributed by atoms with Gasteiger partial charge in [0.25, 0.3) is 0 Å². The number of anilines is 1. The van der Waals surface area contributed by atoms with Crippen molar-refractivity contribution in [2.45, 2.75) is 24.8 Å². The summed E-state index contributed by atoms with van der Waals surface area (Å²) in [5.74, 6) is -1.79. The second-order valence-corrected chi connectivity index (χ2v) is 4.77. The van der Waals surface area contributed by atoms with Gasteiger partial charge in [-0.25, -0.2) is 4.79 Å². The third kappa shape index (κ3) is 3.08. The first-order valence-electron chi connectivity index (χ1n) is 6.60. The molecule has 6 heteroatoms. The van der Waals surface area contributed by atoms with Crippen LogP contribution in [-0.2, 0) is 9.59 Å². The van der Waals surface area contributed by atoms with Gasteiger partial charge in [0.15, 0.2) is 0 Å². The van der Waals surface area contributed by atoms with Crippen LogP contribution in [-0.4, -0.2) is 41.3 Å². The normalized spacial score (nSPS) is 18.6. The summed E-state index contributed by atoms with van der Waals surface area (Å²) in [5.41, 5.74) is 1.79. The van der Waals surface area contributed by atoms with Gasteiger partial charge in [0, 0.05) is 25.3 Å². The van der Waals surface area contributed by atoms with Crippen LogP contribution in [0.5, 0.6) is 0 Å². The van der Waals surface area contributed by atoms with Crippen LogP contribution >= 0.6 is 0 Å². The summed E-state index contributed by atoms with van der Waals surface area (Å²) in [6, 6.07) is 6.46. The molecule has 2 unspecified atom stereocenters. The number of fused-ring (bicyclic) bond motifs is 1. The fraction of sp³-hybridized carbons (Fsp3) is 0.429. The maximum absolute atomic E-state index is 12.3. The summed E-state index contributed by atoms with van der Waals surface area (Å²) in [7, 11) is 0. The van der Waals surface area contributed by atoms with Crippen molar-refractivity contribution in [1.29, 1.82) is 0 Å². The summed E-state index contributed by atoms with van der Waals surface area (Å²) >= 11 is 0. The maximum atomic E-state index is 12.3. The topological polar surface area (TPSA) is 98.7 Å². The number of aliphatic hydroxyl groups excluding tert-OH is 1. The van der Waals surface area contributed by atoms with Crippen molar-refractivity contribution in [3.05, 3.63) is 29.8 Å². The Labute approximate surface area is 116 Å². The average Bonchev–Trinajstić information content (AvgIpc) is 2.46. The van der Waals surface area contributed by atoms with Gasteiger partial charge in [0.1, 0.15) is 6.04 Å². The minimum absolute atomic E-state index is 0.00763. The molecule has 0 saturated heterocycles. The van der Waals surface area contributed by atoms with E-state index in [9.17, 15) is 9.59 Å². The molecule has 2 rings (SSSR count). The van der Waals surface area contributed by atoms with Crippen LogP contribution in [0.15, 0.2) is 24.3 Å². The number of rotatable bonds is 5. The number of carboxylic acid groups (broad SMARTS) is 1. The Hall–Kier alpha value is -2.08. The number of hydrogen-bond donors (Lipinski definition) is 4. The van der Waals surface area contributed by atoms with Gasteiger partial charge in [0.05, 0.1) is 5.92 Å². The Bertz CT molecular complexity index is 504. The summed E-state index contributed by atoms with van der Waals surface area (Å²) in [6.45, 7) is 0.396. The highest BCUT2D eigenvalue weighted by Gasteiger charge is 2.29. The summed E-state index contributed by atoms with van der Waals surface area (Å²) in [4.78, 5) is 23.3. The molecule has 0 aromatic heterocycles. The van der Waals surface area contributed by atoms with E-state index >= 15 is 0 Å². The number of carbonyl (C=O) groups is 2. The van der Waals surface area contributed by atoms with E-state index in [1.54, 1.807) is 0 Å². The fourth-order valence-electron chi connectivity index (χ4n) is 2.40. The molecule has 20 heavy (non-hydrogen) atoms. The average molecular weight is 278 g/mol. The second-order valence-electron chi connectivity index (χ2n) is 4.77. The molecular formula is C14H18N2O4. The summed E-state index contributed by atoms with van der Waals surface area (Å²) < 4.78 is 0. The first-order chi connectivity index (χ1) is 9.63. The largest absolute Gasteiger partial charge is 0.480 e. The molecule has 1 aliphatic rings. The van der Waals surface area contributed by atoms with Crippen molar-refractivity contribution in [2.24, 2.45) is 0 Å². The van der Waals surface area contributed by atoms with E-state index in [1.165, 1.54) is 0 Å². The van der Waals surface area contributed by atoms with Gasteiger partial charge in [-0.2, -0.15) is 0 Å². The van der Waals surface area contributed by atoms with Crippen LogP contribution in [0.25, 0.3) is 0 Å². The minimum atomic E-state index is -1.13. The van der Waals surface area contributed by atoms with Gasteiger partial charge in [-0.3, -0.25) is 4.79 Å². The SMILES string of the molecule is O=C(O)C(CCO)NC(=O)C1CCNc2ccccc21. The lowest BCUT2D eigenvalue weighted by Gasteiger charge is -2.27. The Morgan fingerprint density at radius 2 is 2.15 bits per heavy atom. The number of aliphatic carboxylic acids is 1. The maximum Gasteiger partial charge on any atom is 0.326 e. The molecule has 0 fully saturated rings. The molecule has 0 spiro atoms. The van der Waals surface area contributed by atoms with Crippen molar-refractivity contribution in [1.82, 2.24) is 5.32 Å². The highest BCUT2D eigenvalue weighted by molar-refractivity contribution is 5.89. The summed E-state index contributed by atoms with van der Waals surface area (Å²) in [6.07, 6.45) is 0.627. The number of aliphatic hydroxyl groups is 1. The lowest BCUT2D eigenvalue weighted by atomic mass is 9.90. The Morgan fingerprint density at radius 1 is 1.40 bits per heavy atom.